The normalized spacial score (nSPS) is 13.5. The lowest BCUT2D eigenvalue weighted by atomic mass is 10.1. The minimum atomic E-state index is -4.53. The van der Waals surface area contributed by atoms with Gasteiger partial charge in [-0.25, -0.2) is 4.98 Å². The van der Waals surface area contributed by atoms with Crippen LogP contribution in [0.3, 0.4) is 0 Å². The maximum absolute atomic E-state index is 13.0. The van der Waals surface area contributed by atoms with E-state index in [1.165, 1.54) is 10.7 Å². The topological polar surface area (TPSA) is 75.9 Å². The second-order valence-electron chi connectivity index (χ2n) is 7.95. The smallest absolute Gasteiger partial charge is 0.363 e. The number of nitrogens with one attached hydrogen (secondary N) is 1. The van der Waals surface area contributed by atoms with Gasteiger partial charge in [-0.3, -0.25) is 14.5 Å². The highest BCUT2D eigenvalue weighted by molar-refractivity contribution is 14.2. The van der Waals surface area contributed by atoms with Crippen LogP contribution >= 0.6 is 20.7 Å². The maximum Gasteiger partial charge on any atom is 0.433 e. The Morgan fingerprint density at radius 3 is 2.54 bits per heavy atom. The minimum Gasteiger partial charge on any atom is -0.363 e. The Morgan fingerprint density at radius 2 is 1.86 bits per heavy atom. The van der Waals surface area contributed by atoms with Gasteiger partial charge in [0.1, 0.15) is 18.1 Å². The van der Waals surface area contributed by atoms with Crippen molar-refractivity contribution in [2.75, 3.05) is 19.0 Å². The Morgan fingerprint density at radius 1 is 1.11 bits per heavy atom. The maximum atomic E-state index is 13.0. The summed E-state index contributed by atoms with van der Waals surface area (Å²) >= 11 is -0.547. The summed E-state index contributed by atoms with van der Waals surface area (Å²) in [7, 11) is 3.87. The van der Waals surface area contributed by atoms with Crippen molar-refractivity contribution in [3.05, 3.63) is 76.0 Å². The van der Waals surface area contributed by atoms with Crippen molar-refractivity contribution in [1.82, 2.24) is 25.1 Å². The standard InChI is InChI=1S/C24H22F3IN6O/c1-15-19(17-7-8-29-20(10-17)24(25,26)27)13-34(32-15)14-23(35)31-21-5-4-18(12-28-21)16-6-9-30-22(11-16)33(2)3/h4-13H,14H2,1-3H3,(H,31,35). The highest BCUT2D eigenvalue weighted by Crippen LogP contribution is 2.31. The first-order valence-corrected chi connectivity index (χ1v) is 12.8. The number of allylic oxidation sites excluding steroid dienone is 2. The molecular formula is C24H22F3IN6O. The van der Waals surface area contributed by atoms with Gasteiger partial charge < -0.3 is 10.2 Å². The van der Waals surface area contributed by atoms with E-state index in [-0.39, 0.29) is 12.5 Å². The van der Waals surface area contributed by atoms with Crippen LogP contribution in [0.25, 0.3) is 16.7 Å². The molecule has 1 amide bonds. The van der Waals surface area contributed by atoms with Crippen LogP contribution in [-0.4, -0.2) is 43.4 Å². The Hall–Kier alpha value is -3.35. The summed E-state index contributed by atoms with van der Waals surface area (Å²) in [5.74, 6) is 0.619. The van der Waals surface area contributed by atoms with Crippen molar-refractivity contribution in [1.29, 1.82) is 0 Å². The third-order valence-electron chi connectivity index (χ3n) is 5.11. The molecule has 0 radical (unpaired) electrons. The molecule has 0 saturated heterocycles. The number of aromatic nitrogens is 4. The first-order chi connectivity index (χ1) is 16.6. The molecule has 3 aromatic heterocycles. The molecule has 1 N–H and O–H groups in total. The molecule has 0 unspecified atom stereocenters. The van der Waals surface area contributed by atoms with Gasteiger partial charge in [0.2, 0.25) is 5.91 Å². The predicted octanol–water partition coefficient (Wildman–Crippen LogP) is 4.56. The summed E-state index contributed by atoms with van der Waals surface area (Å²) in [5, 5.41) is 7.22. The molecule has 0 spiro atoms. The molecular weight excluding hydrogens is 572 g/mol. The van der Waals surface area contributed by atoms with E-state index in [4.69, 9.17) is 0 Å². The number of halogens is 4. The molecule has 0 atom stereocenters. The van der Waals surface area contributed by atoms with Crippen molar-refractivity contribution in [2.45, 2.75) is 19.6 Å². The fraction of sp³-hybridized carbons (Fsp3) is 0.208. The van der Waals surface area contributed by atoms with Gasteiger partial charge in [0, 0.05) is 38.2 Å². The quantitative estimate of drug-likeness (QED) is 0.424. The number of nitrogens with zero attached hydrogens (tertiary/aromatic N) is 5. The van der Waals surface area contributed by atoms with Crippen molar-refractivity contribution < 1.29 is 18.0 Å². The molecule has 0 bridgehead atoms. The first kappa shape index (κ1) is 24.8. The highest BCUT2D eigenvalue weighted by atomic mass is 127. The van der Waals surface area contributed by atoms with E-state index in [1.54, 1.807) is 19.3 Å². The summed E-state index contributed by atoms with van der Waals surface area (Å²) in [6.45, 7) is 1.64. The monoisotopic (exact) mass is 594 g/mol. The van der Waals surface area contributed by atoms with Crippen LogP contribution in [0.5, 0.6) is 0 Å². The van der Waals surface area contributed by atoms with E-state index in [2.05, 4.69) is 24.5 Å². The van der Waals surface area contributed by atoms with Crippen LogP contribution in [-0.2, 0) is 17.5 Å². The average Bonchev–Trinajstić information content (AvgIpc) is 3.18. The molecule has 182 valence electrons. The summed E-state index contributed by atoms with van der Waals surface area (Å²) < 4.78 is 43.4. The van der Waals surface area contributed by atoms with Gasteiger partial charge >= 0.3 is 6.18 Å². The van der Waals surface area contributed by atoms with Gasteiger partial charge in [0.15, 0.2) is 0 Å². The van der Waals surface area contributed by atoms with E-state index in [9.17, 15) is 18.0 Å². The molecule has 1 aliphatic heterocycles. The van der Waals surface area contributed by atoms with Crippen molar-refractivity contribution in [2.24, 2.45) is 0 Å². The molecule has 4 heterocycles. The third kappa shape index (κ3) is 6.02. The van der Waals surface area contributed by atoms with Crippen LogP contribution in [0.2, 0.25) is 0 Å². The molecule has 1 aliphatic rings. The number of rotatable bonds is 6. The van der Waals surface area contributed by atoms with Crippen molar-refractivity contribution in [3.8, 4) is 11.1 Å². The van der Waals surface area contributed by atoms with Gasteiger partial charge in [-0.1, -0.05) is 26.8 Å². The second-order valence-corrected chi connectivity index (χ2v) is 10.4. The lowest BCUT2D eigenvalue weighted by molar-refractivity contribution is -0.141. The third-order valence-corrected chi connectivity index (χ3v) is 7.39. The molecule has 0 aliphatic carbocycles. The zero-order chi connectivity index (χ0) is 25.2. The molecule has 0 saturated carbocycles. The number of aryl methyl sites for hydroxylation is 1. The Kier molecular flexibility index (Phi) is 7.15. The lowest BCUT2D eigenvalue weighted by Crippen LogP contribution is -2.31. The molecule has 3 aromatic rings. The van der Waals surface area contributed by atoms with Crippen molar-refractivity contribution in [3.63, 3.8) is 0 Å². The summed E-state index contributed by atoms with van der Waals surface area (Å²) in [5.41, 5.74) is 2.57. The molecule has 7 nitrogen and oxygen atoms in total. The Labute approximate surface area is 210 Å². The van der Waals surface area contributed by atoms with E-state index in [0.29, 0.717) is 16.8 Å². The Bertz CT molecular complexity index is 1360. The predicted molar refractivity (Wildman–Crippen MR) is 138 cm³/mol. The van der Waals surface area contributed by atoms with Gasteiger partial charge in [0.25, 0.3) is 0 Å². The largest absolute Gasteiger partial charge is 0.433 e. The number of amides is 1. The van der Waals surface area contributed by atoms with Gasteiger partial charge in [-0.2, -0.15) is 18.3 Å². The Balaban J connectivity index is 1.43. The number of carbonyl (C=O) groups is 1. The number of hydrogen-bond donors (Lipinski definition) is 1. The van der Waals surface area contributed by atoms with Crippen LogP contribution in [0.1, 0.15) is 17.0 Å². The molecule has 0 aromatic carbocycles. The van der Waals surface area contributed by atoms with Crippen LogP contribution < -0.4 is 10.2 Å². The molecule has 0 fully saturated rings. The zero-order valence-electron chi connectivity index (χ0n) is 19.1. The number of pyridine rings is 2. The fourth-order valence-electron chi connectivity index (χ4n) is 3.38. The molecule has 35 heavy (non-hydrogen) atoms. The minimum absolute atomic E-state index is 0.0494. The van der Waals surface area contributed by atoms with Crippen molar-refractivity contribution >= 4 is 41.7 Å². The van der Waals surface area contributed by atoms with Crippen LogP contribution in [0, 0.1) is 6.92 Å². The number of hydrogen-bond acceptors (Lipinski definition) is 5. The van der Waals surface area contributed by atoms with Crippen LogP contribution in [0.4, 0.5) is 19.0 Å². The number of anilines is 1. The van der Waals surface area contributed by atoms with E-state index >= 15 is 0 Å². The molecule has 11 heteroatoms. The summed E-state index contributed by atoms with van der Waals surface area (Å²) in [6.07, 6.45) is 3.80. The van der Waals surface area contributed by atoms with Gasteiger partial charge in [-0.05, 0) is 58.0 Å². The zero-order valence-corrected chi connectivity index (χ0v) is 21.3. The summed E-state index contributed by atoms with van der Waals surface area (Å²) in [4.78, 5) is 22.3. The van der Waals surface area contributed by atoms with Crippen LogP contribution in [0.15, 0.2) is 59.1 Å². The summed E-state index contributed by atoms with van der Waals surface area (Å²) in [6, 6.07) is 6.44. The van der Waals surface area contributed by atoms with Gasteiger partial charge in [0.05, 0.1) is 9.33 Å². The second kappa shape index (κ2) is 10.1. The van der Waals surface area contributed by atoms with E-state index in [0.717, 1.165) is 32.9 Å². The molecule has 4 rings (SSSR count). The average molecular weight is 594 g/mol. The van der Waals surface area contributed by atoms with E-state index in [1.807, 2.05) is 43.3 Å². The highest BCUT2D eigenvalue weighted by Gasteiger charge is 2.32. The number of carbonyl (C=O) groups excluding carboxylic acids is 1. The van der Waals surface area contributed by atoms with E-state index < -0.39 is 32.6 Å². The SMILES string of the molecule is Cc1nn(CC(=O)NC2=IC=C(c3ccnc(N(C)C)c3)C=C2)cc1-c1ccnc(C(F)(F)F)c1. The van der Waals surface area contributed by atoms with Gasteiger partial charge in [-0.15, -0.1) is 0 Å². The first-order valence-electron chi connectivity index (χ1n) is 10.5. The number of alkyl halides is 3. The fourth-order valence-corrected chi connectivity index (χ4v) is 5.46. The lowest BCUT2D eigenvalue weighted by Gasteiger charge is -2.14.